The quantitative estimate of drug-likeness (QED) is 0.373. The molecule has 0 aliphatic rings. The summed E-state index contributed by atoms with van der Waals surface area (Å²) in [6, 6.07) is 20.8. The maximum Gasteiger partial charge on any atom is 0.216 e. The van der Waals surface area contributed by atoms with Crippen LogP contribution in [0.4, 0.5) is 0 Å². The van der Waals surface area contributed by atoms with E-state index in [2.05, 4.69) is 67.0 Å². The van der Waals surface area contributed by atoms with Crippen molar-refractivity contribution in [1.82, 2.24) is 4.98 Å². The number of hydrogen-bond donors (Lipinski definition) is 0. The van der Waals surface area contributed by atoms with Crippen molar-refractivity contribution in [2.24, 2.45) is 7.05 Å². The van der Waals surface area contributed by atoms with Crippen LogP contribution in [0.1, 0.15) is 11.1 Å². The Hall–Kier alpha value is -3.46. The monoisotopic (exact) mass is 365 g/mol. The molecule has 0 fully saturated rings. The van der Waals surface area contributed by atoms with E-state index in [-0.39, 0.29) is 0 Å². The van der Waals surface area contributed by atoms with Gasteiger partial charge in [-0.3, -0.25) is 4.98 Å². The van der Waals surface area contributed by atoms with Crippen LogP contribution in [0.25, 0.3) is 44.5 Å². The van der Waals surface area contributed by atoms with Gasteiger partial charge in [0.25, 0.3) is 0 Å². The third-order valence-electron chi connectivity index (χ3n) is 5.43. The van der Waals surface area contributed by atoms with E-state index < -0.39 is 0 Å². The van der Waals surface area contributed by atoms with E-state index >= 15 is 0 Å². The minimum Gasteiger partial charge on any atom is -0.455 e. The van der Waals surface area contributed by atoms with Crippen LogP contribution >= 0.6 is 0 Å². The molecule has 0 N–H and O–H groups in total. The van der Waals surface area contributed by atoms with E-state index in [9.17, 15) is 0 Å². The van der Waals surface area contributed by atoms with Crippen molar-refractivity contribution in [1.29, 1.82) is 0 Å². The molecule has 0 radical (unpaired) electrons. The molecule has 0 atom stereocenters. The van der Waals surface area contributed by atoms with Gasteiger partial charge in [0.15, 0.2) is 6.20 Å². The third-order valence-corrected chi connectivity index (χ3v) is 5.43. The molecule has 0 saturated heterocycles. The van der Waals surface area contributed by atoms with Crippen molar-refractivity contribution in [2.75, 3.05) is 0 Å². The van der Waals surface area contributed by atoms with Gasteiger partial charge in [0.1, 0.15) is 18.2 Å². The second-order valence-corrected chi connectivity index (χ2v) is 7.31. The minimum absolute atomic E-state index is 0.925. The summed E-state index contributed by atoms with van der Waals surface area (Å²) < 4.78 is 8.48. The van der Waals surface area contributed by atoms with Crippen molar-refractivity contribution in [3.8, 4) is 22.5 Å². The fourth-order valence-electron chi connectivity index (χ4n) is 3.99. The number of para-hydroxylation sites is 1. The van der Waals surface area contributed by atoms with Crippen LogP contribution < -0.4 is 4.57 Å². The molecule has 3 aromatic heterocycles. The lowest BCUT2D eigenvalue weighted by atomic mass is 9.98. The fraction of sp³-hybridized carbons (Fsp3) is 0.120. The van der Waals surface area contributed by atoms with Crippen LogP contribution in [0.15, 0.2) is 77.5 Å². The molecule has 3 heterocycles. The second-order valence-electron chi connectivity index (χ2n) is 7.31. The first-order valence-electron chi connectivity index (χ1n) is 9.46. The summed E-state index contributed by atoms with van der Waals surface area (Å²) in [5.74, 6) is 0. The maximum absolute atomic E-state index is 6.30. The summed E-state index contributed by atoms with van der Waals surface area (Å²) in [5, 5.41) is 2.31. The van der Waals surface area contributed by atoms with Crippen molar-refractivity contribution < 1.29 is 8.98 Å². The number of rotatable bonds is 2. The Bertz CT molecular complexity index is 1330. The van der Waals surface area contributed by atoms with E-state index in [1.54, 1.807) is 0 Å². The average Bonchev–Trinajstić information content (AvgIpc) is 3.09. The molecule has 0 unspecified atom stereocenters. The Morgan fingerprint density at radius 3 is 2.50 bits per heavy atom. The lowest BCUT2D eigenvalue weighted by Gasteiger charge is -2.09. The number of furan rings is 1. The molecule has 0 spiro atoms. The zero-order valence-electron chi connectivity index (χ0n) is 16.2. The summed E-state index contributed by atoms with van der Waals surface area (Å²) in [6.45, 7) is 4.28. The molecule has 28 heavy (non-hydrogen) atoms. The second kappa shape index (κ2) is 6.31. The van der Waals surface area contributed by atoms with E-state index in [1.807, 2.05) is 36.5 Å². The third kappa shape index (κ3) is 2.51. The molecule has 0 amide bonds. The van der Waals surface area contributed by atoms with Gasteiger partial charge in [-0.05, 0) is 43.2 Å². The smallest absolute Gasteiger partial charge is 0.216 e. The topological polar surface area (TPSA) is 29.9 Å². The number of benzene rings is 2. The molecule has 5 aromatic rings. The van der Waals surface area contributed by atoms with Crippen molar-refractivity contribution >= 4 is 21.9 Å². The molecule has 3 heteroatoms. The number of aromatic nitrogens is 2. The fourth-order valence-corrected chi connectivity index (χ4v) is 3.99. The highest BCUT2D eigenvalue weighted by atomic mass is 16.3. The van der Waals surface area contributed by atoms with Crippen molar-refractivity contribution in [2.45, 2.75) is 13.8 Å². The zero-order chi connectivity index (χ0) is 19.3. The van der Waals surface area contributed by atoms with E-state index in [1.165, 1.54) is 11.1 Å². The van der Waals surface area contributed by atoms with E-state index in [0.717, 1.165) is 44.5 Å². The van der Waals surface area contributed by atoms with Gasteiger partial charge in [0, 0.05) is 23.0 Å². The van der Waals surface area contributed by atoms with Gasteiger partial charge < -0.3 is 4.42 Å². The summed E-state index contributed by atoms with van der Waals surface area (Å²) in [7, 11) is 2.09. The van der Waals surface area contributed by atoms with Gasteiger partial charge in [0.2, 0.25) is 5.69 Å². The standard InChI is InChI=1S/C25H21N2O/c1-16-11-12-19-18-8-4-5-10-23(18)28-25(19)24(16)22-14-17(2)20(15-27(22)3)21-9-6-7-13-26-21/h4-15H,1-3H3/q+1. The van der Waals surface area contributed by atoms with Crippen LogP contribution in [0, 0.1) is 13.8 Å². The van der Waals surface area contributed by atoms with Gasteiger partial charge in [-0.15, -0.1) is 0 Å². The van der Waals surface area contributed by atoms with Crippen LogP contribution in [0.3, 0.4) is 0 Å². The number of aryl methyl sites for hydroxylation is 3. The number of pyridine rings is 2. The largest absolute Gasteiger partial charge is 0.455 e. The molecule has 2 aromatic carbocycles. The summed E-state index contributed by atoms with van der Waals surface area (Å²) in [6.07, 6.45) is 4.00. The Morgan fingerprint density at radius 2 is 1.68 bits per heavy atom. The Balaban J connectivity index is 1.79. The molecule has 3 nitrogen and oxygen atoms in total. The SMILES string of the molecule is Cc1cc(-c2c(C)ccc3c2oc2ccccc23)[n+](C)cc1-c1ccccn1. The first kappa shape index (κ1) is 16.7. The number of hydrogen-bond acceptors (Lipinski definition) is 2. The summed E-state index contributed by atoms with van der Waals surface area (Å²) in [5.41, 5.74) is 8.68. The van der Waals surface area contributed by atoms with E-state index in [4.69, 9.17) is 4.42 Å². The summed E-state index contributed by atoms with van der Waals surface area (Å²) >= 11 is 0. The van der Waals surface area contributed by atoms with Gasteiger partial charge >= 0.3 is 0 Å². The predicted octanol–water partition coefficient (Wildman–Crippen LogP) is 5.76. The van der Waals surface area contributed by atoms with Gasteiger partial charge in [-0.1, -0.05) is 36.4 Å². The van der Waals surface area contributed by atoms with Crippen LogP contribution in [0.5, 0.6) is 0 Å². The Labute approximate surface area is 163 Å². The first-order chi connectivity index (χ1) is 13.6. The Kier molecular flexibility index (Phi) is 3.76. The first-order valence-corrected chi connectivity index (χ1v) is 9.46. The molecule has 0 aliphatic carbocycles. The highest BCUT2D eigenvalue weighted by molar-refractivity contribution is 6.09. The van der Waals surface area contributed by atoms with Crippen molar-refractivity contribution in [3.05, 3.63) is 84.2 Å². The predicted molar refractivity (Wildman–Crippen MR) is 113 cm³/mol. The lowest BCUT2D eigenvalue weighted by molar-refractivity contribution is -0.659. The van der Waals surface area contributed by atoms with Gasteiger partial charge in [-0.25, -0.2) is 4.57 Å². The van der Waals surface area contributed by atoms with Crippen LogP contribution in [0.2, 0.25) is 0 Å². The molecule has 0 saturated carbocycles. The number of fused-ring (bicyclic) bond motifs is 3. The zero-order valence-corrected chi connectivity index (χ0v) is 16.2. The highest BCUT2D eigenvalue weighted by Gasteiger charge is 2.22. The molecule has 0 aliphatic heterocycles. The van der Waals surface area contributed by atoms with Crippen molar-refractivity contribution in [3.63, 3.8) is 0 Å². The molecular formula is C25H21N2O+. The molecular weight excluding hydrogens is 344 g/mol. The minimum atomic E-state index is 0.925. The average molecular weight is 365 g/mol. The lowest BCUT2D eigenvalue weighted by Crippen LogP contribution is -2.31. The molecule has 5 rings (SSSR count). The summed E-state index contributed by atoms with van der Waals surface area (Å²) in [4.78, 5) is 4.52. The van der Waals surface area contributed by atoms with Crippen LogP contribution in [-0.2, 0) is 7.05 Å². The van der Waals surface area contributed by atoms with Crippen LogP contribution in [-0.4, -0.2) is 4.98 Å². The van der Waals surface area contributed by atoms with Gasteiger partial charge in [0.05, 0.1) is 16.8 Å². The van der Waals surface area contributed by atoms with E-state index in [0.29, 0.717) is 0 Å². The van der Waals surface area contributed by atoms with Gasteiger partial charge in [-0.2, -0.15) is 0 Å². The molecule has 136 valence electrons. The highest BCUT2D eigenvalue weighted by Crippen LogP contribution is 2.37. The normalized spacial score (nSPS) is 11.4. The Morgan fingerprint density at radius 1 is 0.857 bits per heavy atom. The maximum atomic E-state index is 6.30. The molecule has 0 bridgehead atoms. The number of nitrogens with zero attached hydrogens (tertiary/aromatic N) is 2.